The van der Waals surface area contributed by atoms with Crippen LogP contribution >= 0.6 is 0 Å². The lowest BCUT2D eigenvalue weighted by Crippen LogP contribution is -2.06. The molecule has 1 heteroatoms. The fraction of sp³-hybridized carbons (Fsp3) is 0.188. The standard InChI is InChI=1S/C16H15O/c1-11-6-8-13(9-7-11)15-5-3-4-14-10-12(2)17-16(14)15/h3-9,12H,2,10H2,1H3. The third kappa shape index (κ3) is 1.82. The van der Waals surface area contributed by atoms with E-state index in [2.05, 4.69) is 56.3 Å². The molecule has 0 amide bonds. The van der Waals surface area contributed by atoms with E-state index in [0.717, 1.165) is 12.2 Å². The Bertz CT molecular complexity index is 540. The molecular weight excluding hydrogens is 208 g/mol. The molecule has 17 heavy (non-hydrogen) atoms. The Kier molecular flexibility index (Phi) is 2.40. The molecule has 1 radical (unpaired) electrons. The fourth-order valence-corrected chi connectivity index (χ4v) is 2.30. The van der Waals surface area contributed by atoms with E-state index < -0.39 is 0 Å². The van der Waals surface area contributed by atoms with Gasteiger partial charge in [-0.3, -0.25) is 0 Å². The molecule has 0 aliphatic carbocycles. The molecule has 1 atom stereocenters. The summed E-state index contributed by atoms with van der Waals surface area (Å²) in [5.41, 5.74) is 4.93. The predicted octanol–water partition coefficient (Wildman–Crippen LogP) is 3.80. The summed E-state index contributed by atoms with van der Waals surface area (Å²) in [6.45, 7) is 6.08. The predicted molar refractivity (Wildman–Crippen MR) is 70.1 cm³/mol. The first-order valence-electron chi connectivity index (χ1n) is 5.93. The van der Waals surface area contributed by atoms with Crippen molar-refractivity contribution in [3.05, 3.63) is 60.5 Å². The molecule has 2 aromatic rings. The van der Waals surface area contributed by atoms with Crippen molar-refractivity contribution < 1.29 is 4.74 Å². The van der Waals surface area contributed by atoms with E-state index in [1.54, 1.807) is 0 Å². The van der Waals surface area contributed by atoms with Gasteiger partial charge in [-0.2, -0.15) is 0 Å². The van der Waals surface area contributed by atoms with Crippen molar-refractivity contribution in [2.75, 3.05) is 0 Å². The average molecular weight is 223 g/mol. The molecule has 1 aliphatic rings. The normalized spacial score (nSPS) is 17.6. The molecule has 0 aromatic heterocycles. The Morgan fingerprint density at radius 2 is 1.88 bits per heavy atom. The van der Waals surface area contributed by atoms with Crippen molar-refractivity contribution in [3.63, 3.8) is 0 Å². The summed E-state index contributed by atoms with van der Waals surface area (Å²) >= 11 is 0. The molecule has 1 nitrogen and oxygen atoms in total. The number of rotatable bonds is 1. The van der Waals surface area contributed by atoms with Crippen molar-refractivity contribution in [3.8, 4) is 16.9 Å². The Morgan fingerprint density at radius 1 is 1.12 bits per heavy atom. The zero-order chi connectivity index (χ0) is 11.8. The van der Waals surface area contributed by atoms with Crippen LogP contribution in [0.4, 0.5) is 0 Å². The van der Waals surface area contributed by atoms with Crippen LogP contribution in [0.15, 0.2) is 42.5 Å². The van der Waals surface area contributed by atoms with E-state index in [-0.39, 0.29) is 6.10 Å². The summed E-state index contributed by atoms with van der Waals surface area (Å²) in [5.74, 6) is 1.01. The van der Waals surface area contributed by atoms with Crippen molar-refractivity contribution in [2.45, 2.75) is 19.4 Å². The molecule has 0 fully saturated rings. The van der Waals surface area contributed by atoms with E-state index in [1.165, 1.54) is 22.3 Å². The quantitative estimate of drug-likeness (QED) is 0.714. The van der Waals surface area contributed by atoms with Crippen molar-refractivity contribution in [2.24, 2.45) is 0 Å². The highest BCUT2D eigenvalue weighted by atomic mass is 16.5. The maximum absolute atomic E-state index is 5.81. The minimum Gasteiger partial charge on any atom is -0.489 e. The highest BCUT2D eigenvalue weighted by Gasteiger charge is 2.22. The van der Waals surface area contributed by atoms with E-state index in [1.807, 2.05) is 0 Å². The summed E-state index contributed by atoms with van der Waals surface area (Å²) in [5, 5.41) is 0. The lowest BCUT2D eigenvalue weighted by atomic mass is 10.00. The molecule has 1 aliphatic heterocycles. The minimum atomic E-state index is 0.0524. The van der Waals surface area contributed by atoms with E-state index in [9.17, 15) is 0 Å². The maximum atomic E-state index is 5.81. The van der Waals surface area contributed by atoms with Crippen molar-refractivity contribution in [1.29, 1.82) is 0 Å². The van der Waals surface area contributed by atoms with Gasteiger partial charge in [-0.15, -0.1) is 0 Å². The van der Waals surface area contributed by atoms with Crippen LogP contribution in [0.2, 0.25) is 0 Å². The third-order valence-corrected chi connectivity index (χ3v) is 3.19. The SMILES string of the molecule is [CH2]C1Cc2cccc(-c3ccc(C)cc3)c2O1. The zero-order valence-corrected chi connectivity index (χ0v) is 9.94. The molecule has 2 aromatic carbocycles. The number of para-hydroxylation sites is 1. The van der Waals surface area contributed by atoms with Crippen LogP contribution in [0.1, 0.15) is 11.1 Å². The van der Waals surface area contributed by atoms with Gasteiger partial charge in [-0.05, 0) is 25.0 Å². The second-order valence-electron chi connectivity index (χ2n) is 4.60. The Morgan fingerprint density at radius 3 is 2.65 bits per heavy atom. The lowest BCUT2D eigenvalue weighted by Gasteiger charge is -2.09. The molecule has 3 rings (SSSR count). The monoisotopic (exact) mass is 223 g/mol. The highest BCUT2D eigenvalue weighted by Crippen LogP contribution is 2.38. The molecule has 0 saturated carbocycles. The van der Waals surface area contributed by atoms with Gasteiger partial charge in [-0.1, -0.05) is 48.0 Å². The van der Waals surface area contributed by atoms with Crippen LogP contribution in [-0.4, -0.2) is 6.10 Å². The summed E-state index contributed by atoms with van der Waals surface area (Å²) in [6, 6.07) is 14.9. The van der Waals surface area contributed by atoms with Gasteiger partial charge in [0.2, 0.25) is 0 Å². The average Bonchev–Trinajstić information content (AvgIpc) is 2.70. The van der Waals surface area contributed by atoms with Gasteiger partial charge < -0.3 is 4.74 Å². The van der Waals surface area contributed by atoms with Gasteiger partial charge in [0, 0.05) is 12.0 Å². The molecule has 0 spiro atoms. The smallest absolute Gasteiger partial charge is 0.130 e. The summed E-state index contributed by atoms with van der Waals surface area (Å²) in [6.07, 6.45) is 0.964. The molecule has 1 unspecified atom stereocenters. The number of aryl methyl sites for hydroxylation is 1. The van der Waals surface area contributed by atoms with Gasteiger partial charge in [0.1, 0.15) is 11.9 Å². The summed E-state index contributed by atoms with van der Waals surface area (Å²) < 4.78 is 5.81. The van der Waals surface area contributed by atoms with Crippen molar-refractivity contribution >= 4 is 0 Å². The molecule has 0 N–H and O–H groups in total. The van der Waals surface area contributed by atoms with Crippen LogP contribution in [0, 0.1) is 13.8 Å². The first-order chi connectivity index (χ1) is 8.24. The highest BCUT2D eigenvalue weighted by molar-refractivity contribution is 5.73. The van der Waals surface area contributed by atoms with Gasteiger partial charge in [0.25, 0.3) is 0 Å². The van der Waals surface area contributed by atoms with E-state index in [4.69, 9.17) is 4.74 Å². The number of benzene rings is 2. The second-order valence-corrected chi connectivity index (χ2v) is 4.60. The fourth-order valence-electron chi connectivity index (χ4n) is 2.30. The number of hydrogen-bond donors (Lipinski definition) is 0. The van der Waals surface area contributed by atoms with Crippen LogP contribution < -0.4 is 4.74 Å². The first-order valence-corrected chi connectivity index (χ1v) is 5.93. The van der Waals surface area contributed by atoms with Gasteiger partial charge >= 0.3 is 0 Å². The molecule has 0 bridgehead atoms. The summed E-state index contributed by atoms with van der Waals surface area (Å²) in [4.78, 5) is 0. The maximum Gasteiger partial charge on any atom is 0.130 e. The Balaban J connectivity index is 2.10. The van der Waals surface area contributed by atoms with Crippen LogP contribution in [0.3, 0.4) is 0 Å². The first kappa shape index (κ1) is 10.4. The molecular formula is C16H15O. The Labute approximate surface area is 102 Å². The minimum absolute atomic E-state index is 0.0524. The molecule has 85 valence electrons. The van der Waals surface area contributed by atoms with E-state index in [0.29, 0.717) is 0 Å². The topological polar surface area (TPSA) is 9.23 Å². The number of ether oxygens (including phenoxy) is 1. The van der Waals surface area contributed by atoms with Gasteiger partial charge in [0.15, 0.2) is 0 Å². The van der Waals surface area contributed by atoms with Crippen LogP contribution in [0.5, 0.6) is 5.75 Å². The van der Waals surface area contributed by atoms with E-state index >= 15 is 0 Å². The van der Waals surface area contributed by atoms with Crippen molar-refractivity contribution in [1.82, 2.24) is 0 Å². The molecule has 0 saturated heterocycles. The van der Waals surface area contributed by atoms with Crippen LogP contribution in [0.25, 0.3) is 11.1 Å². The van der Waals surface area contributed by atoms with Gasteiger partial charge in [0.05, 0.1) is 0 Å². The van der Waals surface area contributed by atoms with Gasteiger partial charge in [-0.25, -0.2) is 0 Å². The largest absolute Gasteiger partial charge is 0.489 e. The lowest BCUT2D eigenvalue weighted by molar-refractivity contribution is 0.282. The summed E-state index contributed by atoms with van der Waals surface area (Å²) in [7, 11) is 0. The number of hydrogen-bond acceptors (Lipinski definition) is 1. The molecule has 1 heterocycles. The zero-order valence-electron chi connectivity index (χ0n) is 9.94. The third-order valence-electron chi connectivity index (χ3n) is 3.19. The Hall–Kier alpha value is -1.76. The van der Waals surface area contributed by atoms with Crippen LogP contribution in [-0.2, 0) is 6.42 Å². The second kappa shape index (κ2) is 3.92. The number of fused-ring (bicyclic) bond motifs is 1.